The lowest BCUT2D eigenvalue weighted by molar-refractivity contribution is 1.14. The van der Waals surface area contributed by atoms with Crippen LogP contribution in [0.1, 0.15) is 45.7 Å². The van der Waals surface area contributed by atoms with Crippen molar-refractivity contribution in [3.05, 3.63) is 88.4 Å². The monoisotopic (exact) mass is 324 g/mol. The number of aryl methyl sites for hydroxylation is 1. The van der Waals surface area contributed by atoms with Gasteiger partial charge in [-0.3, -0.25) is 0 Å². The van der Waals surface area contributed by atoms with Gasteiger partial charge in [-0.1, -0.05) is 73.8 Å². The molecule has 0 aromatic heterocycles. The Bertz CT molecular complexity index is 648. The molecular weight excluding hydrogens is 296 g/mol. The maximum Gasteiger partial charge on any atom is 0.0116 e. The molecule has 0 aliphatic heterocycles. The van der Waals surface area contributed by atoms with Gasteiger partial charge in [0.1, 0.15) is 0 Å². The minimum Gasteiger partial charge on any atom is -0.0985 e. The van der Waals surface area contributed by atoms with E-state index in [9.17, 15) is 0 Å². The van der Waals surface area contributed by atoms with Gasteiger partial charge < -0.3 is 0 Å². The summed E-state index contributed by atoms with van der Waals surface area (Å²) in [4.78, 5) is 1.07. The van der Waals surface area contributed by atoms with E-state index in [4.69, 9.17) is 0 Å². The lowest BCUT2D eigenvalue weighted by Gasteiger charge is -2.07. The van der Waals surface area contributed by atoms with E-state index in [2.05, 4.69) is 83.5 Å². The molecule has 0 atom stereocenters. The highest BCUT2D eigenvalue weighted by molar-refractivity contribution is 8.10. The highest BCUT2D eigenvalue weighted by Gasteiger charge is 2.01. The second-order valence-electron chi connectivity index (χ2n) is 5.88. The van der Waals surface area contributed by atoms with E-state index in [0.29, 0.717) is 0 Å². The van der Waals surface area contributed by atoms with Crippen LogP contribution in [0.5, 0.6) is 0 Å². The second kappa shape index (κ2) is 9.42. The predicted octanol–water partition coefficient (Wildman–Crippen LogP) is 7.33. The molecule has 0 aliphatic rings. The van der Waals surface area contributed by atoms with E-state index in [-0.39, 0.29) is 0 Å². The number of hydrogen-bond donors (Lipinski definition) is 0. The van der Waals surface area contributed by atoms with Crippen molar-refractivity contribution in [2.45, 2.75) is 41.0 Å². The highest BCUT2D eigenvalue weighted by atomic mass is 32.2. The summed E-state index contributed by atoms with van der Waals surface area (Å²) in [6.45, 7) is 18.7. The van der Waals surface area contributed by atoms with E-state index in [0.717, 1.165) is 11.3 Å². The van der Waals surface area contributed by atoms with Crippen LogP contribution in [-0.4, -0.2) is 0 Å². The summed E-state index contributed by atoms with van der Waals surface area (Å²) in [6, 6.07) is 8.65. The molecule has 1 aromatic carbocycles. The first-order valence-electron chi connectivity index (χ1n) is 7.99. The Morgan fingerprint density at radius 3 is 2.13 bits per heavy atom. The summed E-state index contributed by atoms with van der Waals surface area (Å²) in [5, 5.41) is 2.17. The van der Waals surface area contributed by atoms with Crippen LogP contribution in [0.15, 0.2) is 77.3 Å². The molecule has 0 nitrogen and oxygen atoms in total. The predicted molar refractivity (Wildman–Crippen MR) is 109 cm³/mol. The fourth-order valence-corrected chi connectivity index (χ4v) is 2.78. The van der Waals surface area contributed by atoms with Crippen molar-refractivity contribution in [3.63, 3.8) is 0 Å². The highest BCUT2D eigenvalue weighted by Crippen LogP contribution is 2.29. The first kappa shape index (κ1) is 19.3. The molecule has 0 saturated heterocycles. The van der Waals surface area contributed by atoms with Crippen molar-refractivity contribution < 1.29 is 0 Å². The lowest BCUT2D eigenvalue weighted by atomic mass is 10.0. The van der Waals surface area contributed by atoms with Crippen LogP contribution in [0, 0.1) is 0 Å². The molecule has 23 heavy (non-hydrogen) atoms. The van der Waals surface area contributed by atoms with Gasteiger partial charge in [0.2, 0.25) is 0 Å². The summed E-state index contributed by atoms with van der Waals surface area (Å²) in [5.74, 6) is 0. The SMILES string of the molecule is C=CC(/C=C(C)/C(C)=C/SC(=C)c1ccc(CC)cc1)=C(C)C. The number of hydrogen-bond acceptors (Lipinski definition) is 1. The normalized spacial score (nSPS) is 12.0. The number of thioether (sulfide) groups is 1. The van der Waals surface area contributed by atoms with Crippen LogP contribution >= 0.6 is 11.8 Å². The summed E-state index contributed by atoms with van der Waals surface area (Å²) >= 11 is 1.68. The van der Waals surface area contributed by atoms with Crippen molar-refractivity contribution in [2.75, 3.05) is 0 Å². The Hall–Kier alpha value is -1.73. The fourth-order valence-electron chi connectivity index (χ4n) is 2.00. The molecule has 0 saturated carbocycles. The summed E-state index contributed by atoms with van der Waals surface area (Å²) < 4.78 is 0. The van der Waals surface area contributed by atoms with Gasteiger partial charge in [0.15, 0.2) is 0 Å². The van der Waals surface area contributed by atoms with E-state index in [1.165, 1.54) is 33.4 Å². The molecule has 0 spiro atoms. The van der Waals surface area contributed by atoms with E-state index >= 15 is 0 Å². The van der Waals surface area contributed by atoms with Gasteiger partial charge in [-0.15, -0.1) is 0 Å². The molecule has 1 aromatic rings. The van der Waals surface area contributed by atoms with Gasteiger partial charge in [-0.2, -0.15) is 0 Å². The quantitative estimate of drug-likeness (QED) is 0.473. The molecule has 0 heterocycles. The zero-order valence-electron chi connectivity index (χ0n) is 15.1. The molecule has 1 rings (SSSR count). The largest absolute Gasteiger partial charge is 0.0985 e. The minimum atomic E-state index is 1.07. The molecular formula is C22H28S. The van der Waals surface area contributed by atoms with Gasteiger partial charge in [-0.05, 0) is 67.4 Å². The molecule has 0 aliphatic carbocycles. The Morgan fingerprint density at radius 1 is 1.04 bits per heavy atom. The third-order valence-electron chi connectivity index (χ3n) is 3.85. The summed E-state index contributed by atoms with van der Waals surface area (Å²) in [5.41, 5.74) is 7.52. The van der Waals surface area contributed by atoms with Crippen molar-refractivity contribution in [1.82, 2.24) is 0 Å². The summed E-state index contributed by atoms with van der Waals surface area (Å²) in [7, 11) is 0. The first-order valence-corrected chi connectivity index (χ1v) is 8.87. The first-order chi connectivity index (χ1) is 10.9. The maximum atomic E-state index is 4.19. The standard InChI is InChI=1S/C22H28S/c1-8-20-10-12-22(13-11-20)19(7)23-15-18(6)17(5)14-21(9-2)16(3)4/h9-15H,2,7-8H2,1,3-6H3/b17-14+,18-15+. The second-order valence-corrected chi connectivity index (χ2v) is 6.84. The number of rotatable bonds is 7. The molecule has 0 fully saturated rings. The topological polar surface area (TPSA) is 0 Å². The van der Waals surface area contributed by atoms with Crippen LogP contribution < -0.4 is 0 Å². The summed E-state index contributed by atoms with van der Waals surface area (Å²) in [6.07, 6.45) is 5.17. The molecule has 0 unspecified atom stereocenters. The van der Waals surface area contributed by atoms with E-state index < -0.39 is 0 Å². The lowest BCUT2D eigenvalue weighted by Crippen LogP contribution is -1.84. The van der Waals surface area contributed by atoms with E-state index in [1.54, 1.807) is 11.8 Å². The van der Waals surface area contributed by atoms with Crippen LogP contribution in [0.4, 0.5) is 0 Å². The van der Waals surface area contributed by atoms with Gasteiger partial charge in [0, 0.05) is 4.91 Å². The van der Waals surface area contributed by atoms with Crippen molar-refractivity contribution >= 4 is 16.7 Å². The van der Waals surface area contributed by atoms with Crippen LogP contribution in [0.25, 0.3) is 4.91 Å². The fraction of sp³-hybridized carbons (Fsp3) is 0.273. The third kappa shape index (κ3) is 6.11. The molecule has 122 valence electrons. The van der Waals surface area contributed by atoms with Crippen molar-refractivity contribution in [2.24, 2.45) is 0 Å². The zero-order valence-corrected chi connectivity index (χ0v) is 15.9. The Balaban J connectivity index is 2.82. The Morgan fingerprint density at radius 2 is 1.65 bits per heavy atom. The van der Waals surface area contributed by atoms with Crippen molar-refractivity contribution in [1.29, 1.82) is 0 Å². The van der Waals surface area contributed by atoms with Gasteiger partial charge in [-0.25, -0.2) is 0 Å². The smallest absolute Gasteiger partial charge is 0.0116 e. The van der Waals surface area contributed by atoms with Gasteiger partial charge >= 0.3 is 0 Å². The minimum absolute atomic E-state index is 1.07. The van der Waals surface area contributed by atoms with Gasteiger partial charge in [0.05, 0.1) is 0 Å². The molecule has 1 heteroatoms. The molecule has 0 radical (unpaired) electrons. The molecule has 0 N–H and O–H groups in total. The Kier molecular flexibility index (Phi) is 7.91. The maximum absolute atomic E-state index is 4.19. The zero-order chi connectivity index (χ0) is 17.4. The molecule has 0 amide bonds. The Labute approximate surface area is 146 Å². The third-order valence-corrected chi connectivity index (χ3v) is 4.85. The van der Waals surface area contributed by atoms with Crippen LogP contribution in [0.3, 0.4) is 0 Å². The average molecular weight is 325 g/mol. The van der Waals surface area contributed by atoms with Crippen molar-refractivity contribution in [3.8, 4) is 0 Å². The number of allylic oxidation sites excluding steroid dienone is 6. The molecule has 0 bridgehead atoms. The van der Waals surface area contributed by atoms with Crippen LogP contribution in [0.2, 0.25) is 0 Å². The number of benzene rings is 1. The van der Waals surface area contributed by atoms with E-state index in [1.807, 2.05) is 6.08 Å². The van der Waals surface area contributed by atoms with Crippen LogP contribution in [-0.2, 0) is 6.42 Å². The average Bonchev–Trinajstić information content (AvgIpc) is 2.56. The van der Waals surface area contributed by atoms with Gasteiger partial charge in [0.25, 0.3) is 0 Å².